The Kier molecular flexibility index (Phi) is 12.4. The van der Waals surface area contributed by atoms with E-state index in [0.29, 0.717) is 30.9 Å². The molecule has 8 rings (SSSR count). The zero-order valence-corrected chi connectivity index (χ0v) is 38.5. The van der Waals surface area contributed by atoms with Gasteiger partial charge in [0.2, 0.25) is 0 Å². The molecule has 295 valence electrons. The molecule has 2 aliphatic rings. The van der Waals surface area contributed by atoms with Gasteiger partial charge in [0, 0.05) is 4.88 Å². The second kappa shape index (κ2) is 17.8. The fraction of sp³-hybridized carbons (Fsp3) is 0.157. The molecule has 2 amide bonds. The summed E-state index contributed by atoms with van der Waals surface area (Å²) in [5.74, 6) is -0.319. The predicted octanol–water partition coefficient (Wildman–Crippen LogP) is 11.5. The standard InChI is InChI=1S/C51H44NO3PS2.Os/c1-6-17-41-24-27-45(57-41)42-25-26-43(49-48(42)50(53)52(51(49)54)31-34(3)4)46-28-29-47(58-46)44(30-37-33-55-32-36(37)7-2)35(5)56(38-18-11-8-12-19-38,39-20-13-9-14-21-39)40-22-15-10-16-23-40;/h6-30,34H,31-33H2,1-4H3;/q+1;/b17-6+,36-7?,37-30?,44-35?;. The van der Waals surface area contributed by atoms with E-state index in [-0.39, 0.29) is 17.7 Å². The molecule has 2 aliphatic heterocycles. The van der Waals surface area contributed by atoms with Gasteiger partial charge >= 0.3 is 324 Å². The molecule has 0 aliphatic carbocycles. The fourth-order valence-electron chi connectivity index (χ4n) is 8.10. The maximum absolute atomic E-state index is 14.5. The summed E-state index contributed by atoms with van der Waals surface area (Å²) in [6.07, 6.45) is 8.55. The van der Waals surface area contributed by atoms with Gasteiger partial charge in [-0.05, 0) is 19.1 Å². The number of amides is 2. The van der Waals surface area contributed by atoms with Gasteiger partial charge in [0.15, 0.2) is 0 Å². The van der Waals surface area contributed by atoms with Gasteiger partial charge in [-0.1, -0.05) is 19.9 Å². The van der Waals surface area contributed by atoms with Crippen LogP contribution in [0.5, 0.6) is 0 Å². The van der Waals surface area contributed by atoms with Crippen molar-refractivity contribution in [2.45, 2.75) is 27.7 Å². The number of thiophene rings is 2. The van der Waals surface area contributed by atoms with Gasteiger partial charge in [0.25, 0.3) is 0 Å². The molecule has 59 heavy (non-hydrogen) atoms. The van der Waals surface area contributed by atoms with Crippen LogP contribution in [-0.2, 0) is 22.7 Å². The number of benzene rings is 4. The molecule has 8 heteroatoms. The molecule has 1 saturated heterocycles. The molecule has 1 fully saturated rings. The Balaban J connectivity index is 1.40. The van der Waals surface area contributed by atoms with Crippen molar-refractivity contribution in [2.24, 2.45) is 5.92 Å². The van der Waals surface area contributed by atoms with Crippen molar-refractivity contribution in [1.82, 2.24) is 4.90 Å². The number of hydrogen-bond donors (Lipinski definition) is 0. The van der Waals surface area contributed by atoms with Crippen molar-refractivity contribution < 1.29 is 32.3 Å². The molecule has 0 spiro atoms. The number of carbonyl (C=O) groups excluding carboxylic acids is 2. The molecule has 0 unspecified atom stereocenters. The quantitative estimate of drug-likeness (QED) is 0.0960. The Morgan fingerprint density at radius 3 is 1.76 bits per heavy atom. The van der Waals surface area contributed by atoms with Crippen LogP contribution < -0.4 is 15.9 Å². The number of ether oxygens (including phenoxy) is 1. The van der Waals surface area contributed by atoms with Crippen molar-refractivity contribution in [1.29, 1.82) is 0 Å². The first-order chi connectivity index (χ1) is 28.8. The van der Waals surface area contributed by atoms with E-state index in [1.54, 1.807) is 40.6 Å². The molecule has 2 aromatic heterocycles. The van der Waals surface area contributed by atoms with E-state index < -0.39 is 7.26 Å². The third-order valence-electron chi connectivity index (χ3n) is 10.7. The summed E-state index contributed by atoms with van der Waals surface area (Å²) in [4.78, 5) is 34.3. The number of carbonyl (C=O) groups is 2. The van der Waals surface area contributed by atoms with Crippen molar-refractivity contribution in [3.8, 4) is 25.3 Å². The van der Waals surface area contributed by atoms with Crippen LogP contribution >= 0.6 is 29.9 Å². The second-order valence-corrected chi connectivity index (χ2v) is 21.1. The summed E-state index contributed by atoms with van der Waals surface area (Å²) in [5, 5.41) is 4.85. The van der Waals surface area contributed by atoms with Gasteiger partial charge in [-0.15, -0.1) is 0 Å². The Labute approximate surface area is 365 Å². The molecule has 0 N–H and O–H groups in total. The van der Waals surface area contributed by atoms with Crippen LogP contribution in [0, 0.1) is 10.3 Å². The minimum atomic E-state index is -2.56. The minimum absolute atomic E-state index is 0.131. The van der Waals surface area contributed by atoms with Gasteiger partial charge in [-0.25, -0.2) is 0 Å². The van der Waals surface area contributed by atoms with Gasteiger partial charge in [0.05, 0.1) is 0 Å². The summed E-state index contributed by atoms with van der Waals surface area (Å²) >= 11 is 5.06. The third kappa shape index (κ3) is 7.63. The van der Waals surface area contributed by atoms with Crippen molar-refractivity contribution in [2.75, 3.05) is 19.8 Å². The van der Waals surface area contributed by atoms with Gasteiger partial charge in [0.1, 0.15) is 0 Å². The first-order valence-corrected chi connectivity index (χ1v) is 24.5. The van der Waals surface area contributed by atoms with E-state index in [1.165, 1.54) is 26.4 Å². The van der Waals surface area contributed by atoms with E-state index in [4.69, 9.17) is 4.74 Å². The normalized spacial score (nSPS) is 16.1. The van der Waals surface area contributed by atoms with Crippen LogP contribution in [0.3, 0.4) is 0 Å². The van der Waals surface area contributed by atoms with Crippen molar-refractivity contribution in [3.63, 3.8) is 0 Å². The molecule has 0 saturated carbocycles. The molecular weight excluding hydrogens is 960 g/mol. The first-order valence-electron chi connectivity index (χ1n) is 19.8. The first kappa shape index (κ1) is 40.9. The van der Waals surface area contributed by atoms with E-state index in [9.17, 15) is 9.59 Å². The molecule has 0 radical (unpaired) electrons. The monoisotopic (exact) mass is 1010 g/mol. The summed E-state index contributed by atoms with van der Waals surface area (Å²) in [6, 6.07) is 45.2. The second-order valence-electron chi connectivity index (χ2n) is 14.9. The molecule has 0 bridgehead atoms. The average molecular weight is 1000 g/mol. The summed E-state index contributed by atoms with van der Waals surface area (Å²) in [5.41, 5.74) is 5.96. The topological polar surface area (TPSA) is 46.6 Å². The van der Waals surface area contributed by atoms with Crippen LogP contribution in [0.2, 0.25) is 0 Å². The van der Waals surface area contributed by atoms with E-state index in [0.717, 1.165) is 47.1 Å². The van der Waals surface area contributed by atoms with E-state index in [1.807, 2.05) is 39.0 Å². The number of imide groups is 1. The summed E-state index contributed by atoms with van der Waals surface area (Å²) in [6.45, 7) is 9.60. The Morgan fingerprint density at radius 2 is 1.25 bits per heavy atom. The maximum atomic E-state index is 14.5. The van der Waals surface area contributed by atoms with E-state index in [2.05, 4.69) is 145 Å². The third-order valence-corrected chi connectivity index (χ3v) is 18.3. The number of rotatable bonds is 11. The summed E-state index contributed by atoms with van der Waals surface area (Å²) in [7, 11) is -2.56. The number of nitrogens with zero attached hydrogens (tertiary/aromatic N) is 1. The molecule has 4 heterocycles. The van der Waals surface area contributed by atoms with E-state index >= 15 is 0 Å². The number of fused-ring (bicyclic) bond motifs is 1. The zero-order chi connectivity index (χ0) is 41.1. The fourth-order valence-corrected chi connectivity index (χ4v) is 16.1. The molecule has 4 nitrogen and oxygen atoms in total. The van der Waals surface area contributed by atoms with Gasteiger partial charge in [-0.3, -0.25) is 0 Å². The SMILES string of the molecule is CC=C1COCC1=CC(=C([C]#[Os])[P+](c1ccccc1)(c1ccccc1)c1ccccc1)c1ccc(-c2ccc(-c3ccc(/C=C/C)s3)c3c2C(=O)N(CC(C)C)C3=O)s1. The van der Waals surface area contributed by atoms with Crippen molar-refractivity contribution in [3.05, 3.63) is 183 Å². The molecular formula is C51H44NO3OsPS2+. The molecule has 4 aromatic carbocycles. The Morgan fingerprint density at radius 1 is 0.729 bits per heavy atom. The Bertz CT molecular complexity index is 2620. The van der Waals surface area contributed by atoms with Crippen LogP contribution in [0.15, 0.2) is 162 Å². The summed E-state index contributed by atoms with van der Waals surface area (Å²) < 4.78 is 9.91. The van der Waals surface area contributed by atoms with Gasteiger partial charge in [-0.2, -0.15) is 0 Å². The van der Waals surface area contributed by atoms with Crippen LogP contribution in [-0.4, -0.2) is 36.5 Å². The van der Waals surface area contributed by atoms with Crippen LogP contribution in [0.25, 0.3) is 32.5 Å². The molecule has 6 aromatic rings. The zero-order valence-electron chi connectivity index (χ0n) is 33.4. The van der Waals surface area contributed by atoms with Crippen molar-refractivity contribution >= 4 is 69.3 Å². The number of allylic oxidation sites excluding steroid dienone is 5. The number of hydrogen-bond acceptors (Lipinski definition) is 5. The van der Waals surface area contributed by atoms with Crippen LogP contribution in [0.4, 0.5) is 0 Å². The molecule has 0 atom stereocenters. The van der Waals surface area contributed by atoms with Crippen LogP contribution in [0.1, 0.15) is 58.2 Å². The Hall–Kier alpha value is -4.81. The average Bonchev–Trinajstić information content (AvgIpc) is 4.09. The predicted molar refractivity (Wildman–Crippen MR) is 247 cm³/mol. The van der Waals surface area contributed by atoms with Gasteiger partial charge < -0.3 is 0 Å².